The monoisotopic (exact) mass is 441 g/mol. The lowest BCUT2D eigenvalue weighted by atomic mass is 10.0. The maximum atomic E-state index is 13.1. The molecule has 3 heterocycles. The summed E-state index contributed by atoms with van der Waals surface area (Å²) in [6, 6.07) is 11.3. The minimum atomic E-state index is -0.314. The number of ketones is 1. The van der Waals surface area contributed by atoms with E-state index in [0.29, 0.717) is 23.0 Å². The number of nitrogens with zero attached hydrogens (tertiary/aromatic N) is 4. The fraction of sp³-hybridized carbons (Fsp3) is 0.240. The second-order valence-electron chi connectivity index (χ2n) is 8.51. The molecular weight excluding hydrogens is 418 g/mol. The van der Waals surface area contributed by atoms with Gasteiger partial charge in [-0.1, -0.05) is 6.07 Å². The Morgan fingerprint density at radius 2 is 1.85 bits per heavy atom. The predicted molar refractivity (Wildman–Crippen MR) is 125 cm³/mol. The van der Waals surface area contributed by atoms with Gasteiger partial charge in [0, 0.05) is 17.7 Å². The number of aromatic nitrogens is 4. The lowest BCUT2D eigenvalue weighted by Gasteiger charge is -2.10. The van der Waals surface area contributed by atoms with Gasteiger partial charge in [-0.05, 0) is 73.7 Å². The number of hydrogen-bond acceptors (Lipinski definition) is 5. The summed E-state index contributed by atoms with van der Waals surface area (Å²) in [5.41, 5.74) is 5.33. The Morgan fingerprint density at radius 1 is 1.06 bits per heavy atom. The maximum Gasteiger partial charge on any atom is 0.264 e. The normalized spacial score (nSPS) is 13.5. The van der Waals surface area contributed by atoms with Crippen LogP contribution in [0.25, 0.3) is 16.7 Å². The van der Waals surface area contributed by atoms with Crippen LogP contribution in [0.2, 0.25) is 0 Å². The molecule has 0 fully saturated rings. The lowest BCUT2D eigenvalue weighted by molar-refractivity contribution is -0.116. The van der Waals surface area contributed by atoms with Gasteiger partial charge in [0.15, 0.2) is 11.4 Å². The van der Waals surface area contributed by atoms with Gasteiger partial charge in [0.25, 0.3) is 5.56 Å². The molecule has 8 heteroatoms. The standard InChI is InChI=1S/C25H23N5O3/c1-15-8-16(2)10-19(9-15)30-24-20(12-27-30)25(33)29(14-26-24)13-22(31)18-6-7-21-17(11-18)4-3-5-23(32)28-21/h6-12,14H,3-5,13H2,1-2H3,(H,28,32). The van der Waals surface area contributed by atoms with Gasteiger partial charge < -0.3 is 5.32 Å². The topological polar surface area (TPSA) is 98.9 Å². The van der Waals surface area contributed by atoms with Gasteiger partial charge in [0.05, 0.1) is 18.4 Å². The van der Waals surface area contributed by atoms with E-state index in [-0.39, 0.29) is 23.8 Å². The third kappa shape index (κ3) is 3.95. The summed E-state index contributed by atoms with van der Waals surface area (Å²) < 4.78 is 2.95. The lowest BCUT2D eigenvalue weighted by Crippen LogP contribution is -2.24. The second kappa shape index (κ2) is 8.12. The molecule has 2 aromatic carbocycles. The van der Waals surface area contributed by atoms with Gasteiger partial charge in [0.1, 0.15) is 11.7 Å². The van der Waals surface area contributed by atoms with Crippen LogP contribution in [0.5, 0.6) is 0 Å². The van der Waals surface area contributed by atoms with Crippen molar-refractivity contribution < 1.29 is 9.59 Å². The average molecular weight is 441 g/mol. The summed E-state index contributed by atoms with van der Waals surface area (Å²) in [5, 5.41) is 7.59. The summed E-state index contributed by atoms with van der Waals surface area (Å²) in [5.74, 6) is -0.210. The van der Waals surface area contributed by atoms with Crippen LogP contribution in [0.3, 0.4) is 0 Å². The van der Waals surface area contributed by atoms with E-state index in [2.05, 4.69) is 21.5 Å². The van der Waals surface area contributed by atoms with E-state index >= 15 is 0 Å². The first-order valence-corrected chi connectivity index (χ1v) is 10.9. The summed E-state index contributed by atoms with van der Waals surface area (Å²) in [6.07, 6.45) is 4.82. The van der Waals surface area contributed by atoms with Crippen molar-refractivity contribution in [3.8, 4) is 5.69 Å². The van der Waals surface area contributed by atoms with Crippen LogP contribution in [0.1, 0.15) is 39.9 Å². The SMILES string of the molecule is Cc1cc(C)cc(-n2ncc3c(=O)n(CC(=O)c4ccc5c(c4)CCCC(=O)N5)cnc32)c1. The molecule has 0 radical (unpaired) electrons. The Kier molecular flexibility index (Phi) is 5.12. The summed E-state index contributed by atoms with van der Waals surface area (Å²) in [4.78, 5) is 42.2. The zero-order valence-electron chi connectivity index (χ0n) is 18.5. The molecule has 0 aliphatic carbocycles. The largest absolute Gasteiger partial charge is 0.326 e. The third-order valence-electron chi connectivity index (χ3n) is 5.87. The number of amides is 1. The molecule has 1 aliphatic heterocycles. The Balaban J connectivity index is 1.45. The highest BCUT2D eigenvalue weighted by molar-refractivity contribution is 5.98. The number of carbonyl (C=O) groups excluding carboxylic acids is 2. The van der Waals surface area contributed by atoms with E-state index in [0.717, 1.165) is 40.9 Å². The third-order valence-corrected chi connectivity index (χ3v) is 5.87. The molecule has 166 valence electrons. The van der Waals surface area contributed by atoms with Gasteiger partial charge in [-0.2, -0.15) is 5.10 Å². The number of anilines is 1. The Hall–Kier alpha value is -4.07. The van der Waals surface area contributed by atoms with Crippen molar-refractivity contribution in [1.82, 2.24) is 19.3 Å². The highest BCUT2D eigenvalue weighted by Gasteiger charge is 2.17. The van der Waals surface area contributed by atoms with E-state index in [1.54, 1.807) is 22.9 Å². The number of nitrogens with one attached hydrogen (secondary N) is 1. The fourth-order valence-electron chi connectivity index (χ4n) is 4.32. The molecule has 1 amide bonds. The number of rotatable bonds is 4. The smallest absolute Gasteiger partial charge is 0.264 e. The van der Waals surface area contributed by atoms with E-state index < -0.39 is 0 Å². The van der Waals surface area contributed by atoms with Crippen molar-refractivity contribution >= 4 is 28.4 Å². The first-order valence-electron chi connectivity index (χ1n) is 10.9. The van der Waals surface area contributed by atoms with Crippen molar-refractivity contribution in [3.63, 3.8) is 0 Å². The molecule has 0 saturated heterocycles. The molecule has 1 aliphatic rings. The van der Waals surface area contributed by atoms with Crippen molar-refractivity contribution in [2.75, 3.05) is 5.32 Å². The van der Waals surface area contributed by atoms with Crippen LogP contribution in [0.4, 0.5) is 5.69 Å². The first-order chi connectivity index (χ1) is 15.9. The number of hydrogen-bond donors (Lipinski definition) is 1. The van der Waals surface area contributed by atoms with Crippen molar-refractivity contribution in [2.24, 2.45) is 0 Å². The summed E-state index contributed by atoms with van der Waals surface area (Å²) >= 11 is 0. The molecule has 33 heavy (non-hydrogen) atoms. The van der Waals surface area contributed by atoms with Gasteiger partial charge in [-0.3, -0.25) is 19.0 Å². The first kappa shape index (κ1) is 20.8. The molecule has 4 aromatic rings. The molecule has 0 unspecified atom stereocenters. The molecule has 2 aromatic heterocycles. The predicted octanol–water partition coefficient (Wildman–Crippen LogP) is 3.36. The van der Waals surface area contributed by atoms with Gasteiger partial charge >= 0.3 is 0 Å². The number of fused-ring (bicyclic) bond motifs is 2. The van der Waals surface area contributed by atoms with Crippen LogP contribution < -0.4 is 10.9 Å². The zero-order valence-corrected chi connectivity index (χ0v) is 18.5. The van der Waals surface area contributed by atoms with Gasteiger partial charge in [0.2, 0.25) is 5.91 Å². The minimum Gasteiger partial charge on any atom is -0.326 e. The average Bonchev–Trinajstić information content (AvgIpc) is 3.11. The van der Waals surface area contributed by atoms with Crippen molar-refractivity contribution in [2.45, 2.75) is 39.7 Å². The van der Waals surface area contributed by atoms with E-state index in [4.69, 9.17) is 0 Å². The molecule has 8 nitrogen and oxygen atoms in total. The van der Waals surface area contributed by atoms with E-state index in [1.165, 1.54) is 17.1 Å². The van der Waals surface area contributed by atoms with Crippen LogP contribution >= 0.6 is 0 Å². The fourth-order valence-corrected chi connectivity index (χ4v) is 4.32. The van der Waals surface area contributed by atoms with Gasteiger partial charge in [-0.15, -0.1) is 0 Å². The van der Waals surface area contributed by atoms with Crippen LogP contribution in [-0.4, -0.2) is 31.0 Å². The molecule has 0 atom stereocenters. The highest BCUT2D eigenvalue weighted by Crippen LogP contribution is 2.24. The van der Waals surface area contributed by atoms with Crippen molar-refractivity contribution in [1.29, 1.82) is 0 Å². The second-order valence-corrected chi connectivity index (χ2v) is 8.51. The van der Waals surface area contributed by atoms with Crippen LogP contribution in [-0.2, 0) is 17.8 Å². The quantitative estimate of drug-likeness (QED) is 0.490. The molecule has 1 N–H and O–H groups in total. The Bertz CT molecular complexity index is 1460. The highest BCUT2D eigenvalue weighted by atomic mass is 16.2. The minimum absolute atomic E-state index is 0.0138. The van der Waals surface area contributed by atoms with Crippen LogP contribution in [0, 0.1) is 13.8 Å². The number of benzene rings is 2. The van der Waals surface area contributed by atoms with E-state index in [9.17, 15) is 14.4 Å². The molecule has 0 saturated carbocycles. The Morgan fingerprint density at radius 3 is 2.64 bits per heavy atom. The molecule has 0 spiro atoms. The number of carbonyl (C=O) groups is 2. The van der Waals surface area contributed by atoms with E-state index in [1.807, 2.05) is 26.0 Å². The molecular formula is C25H23N5O3. The number of Topliss-reactive ketones (excluding diaryl/α,β-unsaturated/α-hetero) is 1. The zero-order chi connectivity index (χ0) is 23.1. The van der Waals surface area contributed by atoms with Crippen LogP contribution in [0.15, 0.2) is 53.7 Å². The molecule has 0 bridgehead atoms. The van der Waals surface area contributed by atoms with Crippen molar-refractivity contribution in [3.05, 3.63) is 81.5 Å². The summed E-state index contributed by atoms with van der Waals surface area (Å²) in [7, 11) is 0. The Labute approximate surface area is 189 Å². The molecule has 5 rings (SSSR count). The maximum absolute atomic E-state index is 13.1. The summed E-state index contributed by atoms with van der Waals surface area (Å²) in [6.45, 7) is 3.89. The van der Waals surface area contributed by atoms with Gasteiger partial charge in [-0.25, -0.2) is 9.67 Å². The number of aryl methyl sites for hydroxylation is 3.